The summed E-state index contributed by atoms with van der Waals surface area (Å²) in [6.45, 7) is 2.90. The van der Waals surface area contributed by atoms with Crippen LogP contribution in [0.25, 0.3) is 0 Å². The van der Waals surface area contributed by atoms with Crippen molar-refractivity contribution in [2.75, 3.05) is 19.7 Å². The van der Waals surface area contributed by atoms with Crippen LogP contribution in [0, 0.1) is 5.82 Å². The fraction of sp³-hybridized carbons (Fsp3) is 0.444. The van der Waals surface area contributed by atoms with Gasteiger partial charge in [0.05, 0.1) is 6.42 Å². The molecule has 0 atom stereocenters. The maximum atomic E-state index is 12.8. The van der Waals surface area contributed by atoms with Crippen molar-refractivity contribution in [3.05, 3.63) is 35.6 Å². The quantitative estimate of drug-likeness (QED) is 0.512. The van der Waals surface area contributed by atoms with Crippen molar-refractivity contribution < 1.29 is 28.3 Å². The van der Waals surface area contributed by atoms with Crippen LogP contribution in [0.2, 0.25) is 0 Å². The summed E-state index contributed by atoms with van der Waals surface area (Å²) in [5, 5.41) is 5.09. The topological polar surface area (TPSA) is 105 Å². The number of nitrogens with one attached hydrogen (secondary N) is 2. The van der Waals surface area contributed by atoms with Crippen molar-refractivity contribution in [3.8, 4) is 0 Å². The zero-order chi connectivity index (χ0) is 20.0. The molecule has 1 aliphatic rings. The SMILES string of the molecule is CC1(C)NC(=O)N(CCC(=O)OCC(=O)NCCc2ccc(F)cc2)C1=O. The average molecular weight is 379 g/mol. The summed E-state index contributed by atoms with van der Waals surface area (Å²) in [5.74, 6) is -1.90. The molecule has 1 aliphatic heterocycles. The van der Waals surface area contributed by atoms with E-state index in [4.69, 9.17) is 4.74 Å². The van der Waals surface area contributed by atoms with Crippen LogP contribution in [0.4, 0.5) is 9.18 Å². The Labute approximate surface area is 156 Å². The number of nitrogens with zero attached hydrogens (tertiary/aromatic N) is 1. The van der Waals surface area contributed by atoms with E-state index in [2.05, 4.69) is 10.6 Å². The maximum absolute atomic E-state index is 12.8. The van der Waals surface area contributed by atoms with Crippen LogP contribution in [0.3, 0.4) is 0 Å². The number of ether oxygens (including phenoxy) is 1. The number of hydrogen-bond donors (Lipinski definition) is 2. The lowest BCUT2D eigenvalue weighted by Crippen LogP contribution is -2.40. The van der Waals surface area contributed by atoms with Gasteiger partial charge in [-0.1, -0.05) is 12.1 Å². The molecule has 4 amide bonds. The second kappa shape index (κ2) is 8.61. The summed E-state index contributed by atoms with van der Waals surface area (Å²) in [6, 6.07) is 5.37. The largest absolute Gasteiger partial charge is 0.456 e. The van der Waals surface area contributed by atoms with Gasteiger partial charge in [-0.2, -0.15) is 0 Å². The minimum absolute atomic E-state index is 0.112. The van der Waals surface area contributed by atoms with Crippen LogP contribution in [0.1, 0.15) is 25.8 Å². The van der Waals surface area contributed by atoms with Crippen molar-refractivity contribution in [3.63, 3.8) is 0 Å². The molecule has 146 valence electrons. The summed E-state index contributed by atoms with van der Waals surface area (Å²) < 4.78 is 17.6. The van der Waals surface area contributed by atoms with E-state index in [1.165, 1.54) is 12.1 Å². The number of carbonyl (C=O) groups excluding carboxylic acids is 4. The molecule has 1 heterocycles. The van der Waals surface area contributed by atoms with Gasteiger partial charge in [-0.3, -0.25) is 19.3 Å². The van der Waals surface area contributed by atoms with Gasteiger partial charge in [0, 0.05) is 13.1 Å². The molecule has 9 heteroatoms. The number of carbonyl (C=O) groups is 4. The Morgan fingerprint density at radius 2 is 1.89 bits per heavy atom. The Hall–Kier alpha value is -2.97. The van der Waals surface area contributed by atoms with Gasteiger partial charge in [-0.25, -0.2) is 9.18 Å². The molecule has 0 aliphatic carbocycles. The zero-order valence-corrected chi connectivity index (χ0v) is 15.2. The van der Waals surface area contributed by atoms with Gasteiger partial charge in [-0.15, -0.1) is 0 Å². The Kier molecular flexibility index (Phi) is 6.49. The summed E-state index contributed by atoms with van der Waals surface area (Å²) in [4.78, 5) is 48.0. The first kappa shape index (κ1) is 20.3. The molecule has 27 heavy (non-hydrogen) atoms. The smallest absolute Gasteiger partial charge is 0.325 e. The summed E-state index contributed by atoms with van der Waals surface area (Å²) in [7, 11) is 0. The predicted octanol–water partition coefficient (Wildman–Crippen LogP) is 0.748. The summed E-state index contributed by atoms with van der Waals surface area (Å²) >= 11 is 0. The molecular formula is C18H22FN3O5. The van der Waals surface area contributed by atoms with E-state index in [-0.39, 0.29) is 18.8 Å². The van der Waals surface area contributed by atoms with Crippen molar-refractivity contribution in [1.29, 1.82) is 0 Å². The van der Waals surface area contributed by atoms with Crippen LogP contribution in [-0.2, 0) is 25.5 Å². The molecule has 0 unspecified atom stereocenters. The fourth-order valence-corrected chi connectivity index (χ4v) is 2.49. The van der Waals surface area contributed by atoms with E-state index in [0.717, 1.165) is 10.5 Å². The van der Waals surface area contributed by atoms with Crippen LogP contribution in [0.15, 0.2) is 24.3 Å². The highest BCUT2D eigenvalue weighted by Crippen LogP contribution is 2.16. The number of halogens is 1. The normalized spacial score (nSPS) is 15.4. The lowest BCUT2D eigenvalue weighted by Gasteiger charge is -2.15. The van der Waals surface area contributed by atoms with E-state index < -0.39 is 36.0 Å². The zero-order valence-electron chi connectivity index (χ0n) is 15.2. The lowest BCUT2D eigenvalue weighted by atomic mass is 10.1. The molecule has 2 rings (SSSR count). The third-order valence-corrected chi connectivity index (χ3v) is 4.00. The molecule has 0 aromatic heterocycles. The lowest BCUT2D eigenvalue weighted by molar-refractivity contribution is -0.149. The Balaban J connectivity index is 1.63. The fourth-order valence-electron chi connectivity index (χ4n) is 2.49. The first-order chi connectivity index (χ1) is 12.7. The Morgan fingerprint density at radius 3 is 2.48 bits per heavy atom. The van der Waals surface area contributed by atoms with Crippen LogP contribution >= 0.6 is 0 Å². The third kappa shape index (κ3) is 5.77. The van der Waals surface area contributed by atoms with Crippen LogP contribution in [0.5, 0.6) is 0 Å². The number of urea groups is 1. The number of rotatable bonds is 8. The molecule has 1 aromatic carbocycles. The average Bonchev–Trinajstić information content (AvgIpc) is 2.80. The molecule has 0 bridgehead atoms. The van der Waals surface area contributed by atoms with Gasteiger partial charge in [-0.05, 0) is 38.0 Å². The highest BCUT2D eigenvalue weighted by Gasteiger charge is 2.44. The summed E-state index contributed by atoms with van der Waals surface area (Å²) in [5.41, 5.74) is -0.129. The molecule has 1 aromatic rings. The van der Waals surface area contributed by atoms with Gasteiger partial charge in [0.15, 0.2) is 6.61 Å². The minimum atomic E-state index is -0.995. The monoisotopic (exact) mass is 379 g/mol. The van der Waals surface area contributed by atoms with Gasteiger partial charge in [0.25, 0.3) is 11.8 Å². The molecule has 0 saturated carbocycles. The number of hydrogen-bond acceptors (Lipinski definition) is 5. The molecule has 2 N–H and O–H groups in total. The third-order valence-electron chi connectivity index (χ3n) is 4.00. The van der Waals surface area contributed by atoms with Crippen molar-refractivity contribution >= 4 is 23.8 Å². The molecule has 0 spiro atoms. The van der Waals surface area contributed by atoms with Gasteiger partial charge < -0.3 is 15.4 Å². The van der Waals surface area contributed by atoms with Gasteiger partial charge >= 0.3 is 12.0 Å². The number of benzene rings is 1. The molecule has 8 nitrogen and oxygen atoms in total. The van der Waals surface area contributed by atoms with E-state index in [0.29, 0.717) is 13.0 Å². The van der Waals surface area contributed by atoms with E-state index in [1.807, 2.05) is 0 Å². The predicted molar refractivity (Wildman–Crippen MR) is 93.0 cm³/mol. The van der Waals surface area contributed by atoms with Crippen LogP contribution < -0.4 is 10.6 Å². The van der Waals surface area contributed by atoms with E-state index in [9.17, 15) is 23.6 Å². The van der Waals surface area contributed by atoms with Crippen molar-refractivity contribution in [1.82, 2.24) is 15.5 Å². The first-order valence-corrected chi connectivity index (χ1v) is 8.50. The highest BCUT2D eigenvalue weighted by molar-refractivity contribution is 6.06. The highest BCUT2D eigenvalue weighted by atomic mass is 19.1. The molecule has 1 fully saturated rings. The number of amides is 4. The number of imide groups is 1. The minimum Gasteiger partial charge on any atom is -0.456 e. The maximum Gasteiger partial charge on any atom is 0.325 e. The Morgan fingerprint density at radius 1 is 1.22 bits per heavy atom. The molecular weight excluding hydrogens is 357 g/mol. The standard InChI is InChI=1S/C18H22FN3O5/c1-18(2)16(25)22(17(26)21-18)10-8-15(24)27-11-14(23)20-9-7-12-3-5-13(19)6-4-12/h3-6H,7-11H2,1-2H3,(H,20,23)(H,21,26). The van der Waals surface area contributed by atoms with E-state index >= 15 is 0 Å². The number of esters is 1. The second-order valence-corrected chi connectivity index (χ2v) is 6.65. The van der Waals surface area contributed by atoms with Gasteiger partial charge in [0.1, 0.15) is 11.4 Å². The summed E-state index contributed by atoms with van der Waals surface area (Å²) in [6.07, 6.45) is 0.319. The van der Waals surface area contributed by atoms with Crippen molar-refractivity contribution in [2.45, 2.75) is 32.2 Å². The van der Waals surface area contributed by atoms with E-state index in [1.54, 1.807) is 26.0 Å². The second-order valence-electron chi connectivity index (χ2n) is 6.65. The Bertz CT molecular complexity index is 733. The van der Waals surface area contributed by atoms with Gasteiger partial charge in [0.2, 0.25) is 0 Å². The van der Waals surface area contributed by atoms with Crippen molar-refractivity contribution in [2.24, 2.45) is 0 Å². The molecule has 0 radical (unpaired) electrons. The molecule has 1 saturated heterocycles. The first-order valence-electron chi connectivity index (χ1n) is 8.50. The van der Waals surface area contributed by atoms with Crippen LogP contribution in [-0.4, -0.2) is 54.0 Å².